The van der Waals surface area contributed by atoms with Crippen LogP contribution in [0.5, 0.6) is 0 Å². The topological polar surface area (TPSA) is 52.6 Å². The standard InChI is InChI=1S/C16H30N2O2/c1-12-4-3-5-14(8-12)6-7-17-16(20)18-9-13(2)15(10-18)11-19/h12-15,19H,3-11H2,1-2H3,(H,17,20)/t12-,13-,14-,15+/m1/s1. The number of rotatable bonds is 4. The summed E-state index contributed by atoms with van der Waals surface area (Å²) in [4.78, 5) is 13.9. The molecule has 2 rings (SSSR count). The molecule has 1 saturated carbocycles. The SMILES string of the molecule is C[C@@H]1CCC[C@H](CCNC(=O)N2C[C@@H](CO)[C@H](C)C2)C1. The minimum atomic E-state index is 0.0525. The first-order valence-corrected chi connectivity index (χ1v) is 8.23. The summed E-state index contributed by atoms with van der Waals surface area (Å²) in [6.45, 7) is 6.90. The van der Waals surface area contributed by atoms with Crippen LogP contribution in [0.25, 0.3) is 0 Å². The highest BCUT2D eigenvalue weighted by molar-refractivity contribution is 5.74. The number of nitrogens with one attached hydrogen (secondary N) is 1. The van der Waals surface area contributed by atoms with E-state index >= 15 is 0 Å². The molecule has 0 unspecified atom stereocenters. The Morgan fingerprint density at radius 1 is 1.30 bits per heavy atom. The van der Waals surface area contributed by atoms with Gasteiger partial charge in [0.1, 0.15) is 0 Å². The van der Waals surface area contributed by atoms with E-state index in [1.54, 1.807) is 0 Å². The highest BCUT2D eigenvalue weighted by Crippen LogP contribution is 2.30. The first-order valence-electron chi connectivity index (χ1n) is 8.23. The van der Waals surface area contributed by atoms with Gasteiger partial charge in [-0.15, -0.1) is 0 Å². The van der Waals surface area contributed by atoms with Crippen molar-refractivity contribution in [3.05, 3.63) is 0 Å². The summed E-state index contributed by atoms with van der Waals surface area (Å²) in [5.41, 5.74) is 0. The maximum absolute atomic E-state index is 12.1. The third-order valence-corrected chi connectivity index (χ3v) is 5.16. The van der Waals surface area contributed by atoms with Crippen LogP contribution in [0.1, 0.15) is 46.0 Å². The van der Waals surface area contributed by atoms with Gasteiger partial charge >= 0.3 is 6.03 Å². The van der Waals surface area contributed by atoms with Gasteiger partial charge in [-0.2, -0.15) is 0 Å². The molecule has 20 heavy (non-hydrogen) atoms. The Kier molecular flexibility index (Phi) is 5.70. The van der Waals surface area contributed by atoms with Crippen molar-refractivity contribution >= 4 is 6.03 Å². The molecule has 0 aromatic heterocycles. The van der Waals surface area contributed by atoms with Crippen LogP contribution in [-0.2, 0) is 0 Å². The molecule has 2 N–H and O–H groups in total. The van der Waals surface area contributed by atoms with Crippen molar-refractivity contribution in [3.8, 4) is 0 Å². The van der Waals surface area contributed by atoms with E-state index in [9.17, 15) is 9.90 Å². The Morgan fingerprint density at radius 3 is 2.75 bits per heavy atom. The van der Waals surface area contributed by atoms with Crippen LogP contribution >= 0.6 is 0 Å². The average Bonchev–Trinajstić information content (AvgIpc) is 2.80. The lowest BCUT2D eigenvalue weighted by Crippen LogP contribution is -2.39. The minimum Gasteiger partial charge on any atom is -0.396 e. The molecule has 0 radical (unpaired) electrons. The lowest BCUT2D eigenvalue weighted by atomic mass is 9.81. The zero-order valence-electron chi connectivity index (χ0n) is 13.0. The van der Waals surface area contributed by atoms with E-state index in [1.165, 1.54) is 25.7 Å². The Morgan fingerprint density at radius 2 is 2.10 bits per heavy atom. The van der Waals surface area contributed by atoms with Gasteiger partial charge in [0.05, 0.1) is 0 Å². The predicted molar refractivity (Wildman–Crippen MR) is 80.5 cm³/mol. The number of likely N-dealkylation sites (tertiary alicyclic amines) is 1. The molecule has 1 aliphatic carbocycles. The number of urea groups is 1. The molecule has 2 aliphatic rings. The molecule has 1 heterocycles. The van der Waals surface area contributed by atoms with Gasteiger partial charge in [-0.25, -0.2) is 4.79 Å². The first-order chi connectivity index (χ1) is 9.60. The number of hydrogen-bond acceptors (Lipinski definition) is 2. The monoisotopic (exact) mass is 282 g/mol. The van der Waals surface area contributed by atoms with E-state index in [4.69, 9.17) is 0 Å². The van der Waals surface area contributed by atoms with Gasteiger partial charge in [0, 0.05) is 32.2 Å². The van der Waals surface area contributed by atoms with Gasteiger partial charge in [-0.05, 0) is 30.6 Å². The van der Waals surface area contributed by atoms with Crippen LogP contribution in [0.2, 0.25) is 0 Å². The summed E-state index contributed by atoms with van der Waals surface area (Å²) in [5, 5.41) is 12.3. The normalized spacial score (nSPS) is 34.2. The Bertz CT molecular complexity index is 322. The second-order valence-electron chi connectivity index (χ2n) is 6.98. The lowest BCUT2D eigenvalue weighted by Gasteiger charge is -2.27. The molecular formula is C16H30N2O2. The smallest absolute Gasteiger partial charge is 0.317 e. The van der Waals surface area contributed by atoms with Gasteiger partial charge < -0.3 is 15.3 Å². The van der Waals surface area contributed by atoms with Crippen LogP contribution in [0, 0.1) is 23.7 Å². The molecule has 1 aliphatic heterocycles. The van der Waals surface area contributed by atoms with E-state index in [2.05, 4.69) is 19.2 Å². The lowest BCUT2D eigenvalue weighted by molar-refractivity contribution is 0.194. The van der Waals surface area contributed by atoms with E-state index < -0.39 is 0 Å². The fourth-order valence-electron chi connectivity index (χ4n) is 3.75. The second-order valence-corrected chi connectivity index (χ2v) is 6.98. The number of hydrogen-bond donors (Lipinski definition) is 2. The summed E-state index contributed by atoms with van der Waals surface area (Å²) in [6.07, 6.45) is 6.48. The maximum Gasteiger partial charge on any atom is 0.317 e. The number of aliphatic hydroxyl groups is 1. The van der Waals surface area contributed by atoms with Gasteiger partial charge in [-0.1, -0.05) is 33.1 Å². The van der Waals surface area contributed by atoms with Gasteiger partial charge in [0.2, 0.25) is 0 Å². The van der Waals surface area contributed by atoms with E-state index in [0.717, 1.165) is 31.3 Å². The maximum atomic E-state index is 12.1. The van der Waals surface area contributed by atoms with Crippen molar-refractivity contribution < 1.29 is 9.90 Å². The summed E-state index contributed by atoms with van der Waals surface area (Å²) >= 11 is 0. The van der Waals surface area contributed by atoms with E-state index in [1.807, 2.05) is 4.90 Å². The molecule has 4 heteroatoms. The number of aliphatic hydroxyl groups excluding tert-OH is 1. The highest BCUT2D eigenvalue weighted by atomic mass is 16.3. The fourth-order valence-corrected chi connectivity index (χ4v) is 3.75. The van der Waals surface area contributed by atoms with Crippen molar-refractivity contribution in [1.82, 2.24) is 10.2 Å². The van der Waals surface area contributed by atoms with Crippen molar-refractivity contribution in [3.63, 3.8) is 0 Å². The van der Waals surface area contributed by atoms with Crippen LogP contribution in [0.4, 0.5) is 4.79 Å². The predicted octanol–water partition coefficient (Wildman–Crippen LogP) is 2.47. The fraction of sp³-hybridized carbons (Fsp3) is 0.938. The molecule has 4 atom stereocenters. The van der Waals surface area contributed by atoms with Gasteiger partial charge in [0.15, 0.2) is 0 Å². The van der Waals surface area contributed by atoms with Gasteiger partial charge in [0.25, 0.3) is 0 Å². The van der Waals surface area contributed by atoms with Crippen molar-refractivity contribution in [2.24, 2.45) is 23.7 Å². The summed E-state index contributed by atoms with van der Waals surface area (Å²) < 4.78 is 0. The summed E-state index contributed by atoms with van der Waals surface area (Å²) in [7, 11) is 0. The van der Waals surface area contributed by atoms with E-state index in [-0.39, 0.29) is 18.6 Å². The molecule has 0 aromatic carbocycles. The van der Waals surface area contributed by atoms with Gasteiger partial charge in [-0.3, -0.25) is 0 Å². The largest absolute Gasteiger partial charge is 0.396 e. The Balaban J connectivity index is 1.65. The molecule has 0 spiro atoms. The number of amides is 2. The van der Waals surface area contributed by atoms with Crippen molar-refractivity contribution in [1.29, 1.82) is 0 Å². The number of carbonyl (C=O) groups is 1. The highest BCUT2D eigenvalue weighted by Gasteiger charge is 2.31. The third-order valence-electron chi connectivity index (χ3n) is 5.16. The first kappa shape index (κ1) is 15.6. The number of carbonyl (C=O) groups excluding carboxylic acids is 1. The zero-order chi connectivity index (χ0) is 14.5. The molecule has 1 saturated heterocycles. The molecule has 2 amide bonds. The van der Waals surface area contributed by atoms with Crippen molar-refractivity contribution in [2.45, 2.75) is 46.0 Å². The molecule has 4 nitrogen and oxygen atoms in total. The van der Waals surface area contributed by atoms with Crippen LogP contribution in [-0.4, -0.2) is 42.3 Å². The Labute approximate surface area is 122 Å². The minimum absolute atomic E-state index is 0.0525. The molecule has 0 aromatic rings. The molecular weight excluding hydrogens is 252 g/mol. The van der Waals surface area contributed by atoms with Crippen molar-refractivity contribution in [2.75, 3.05) is 26.2 Å². The molecule has 2 fully saturated rings. The Hall–Kier alpha value is -0.770. The second kappa shape index (κ2) is 7.30. The average molecular weight is 282 g/mol. The van der Waals surface area contributed by atoms with Crippen LogP contribution in [0.15, 0.2) is 0 Å². The van der Waals surface area contributed by atoms with E-state index in [0.29, 0.717) is 12.5 Å². The number of nitrogens with zero attached hydrogens (tertiary/aromatic N) is 1. The molecule has 116 valence electrons. The molecule has 0 bridgehead atoms. The quantitative estimate of drug-likeness (QED) is 0.832. The zero-order valence-corrected chi connectivity index (χ0v) is 13.0. The van der Waals surface area contributed by atoms with Crippen LogP contribution < -0.4 is 5.32 Å². The summed E-state index contributed by atoms with van der Waals surface area (Å²) in [6, 6.07) is 0.0525. The third kappa shape index (κ3) is 4.11. The van der Waals surface area contributed by atoms with Crippen LogP contribution in [0.3, 0.4) is 0 Å². The summed E-state index contributed by atoms with van der Waals surface area (Å²) in [5.74, 6) is 2.31.